The number of aromatic nitrogens is 3. The molecule has 1 atom stereocenters. The molecule has 2 aliphatic heterocycles. The fourth-order valence-electron chi connectivity index (χ4n) is 3.60. The molecule has 3 amide bonds. The first-order chi connectivity index (χ1) is 15.9. The quantitative estimate of drug-likeness (QED) is 0.609. The molecule has 0 spiro atoms. The average molecular weight is 482 g/mol. The van der Waals surface area contributed by atoms with E-state index in [2.05, 4.69) is 15.6 Å². The van der Waals surface area contributed by atoms with Gasteiger partial charge in [-0.3, -0.25) is 19.7 Å². The highest BCUT2D eigenvalue weighted by molar-refractivity contribution is 6.05. The van der Waals surface area contributed by atoms with Gasteiger partial charge in [0.2, 0.25) is 11.8 Å². The van der Waals surface area contributed by atoms with E-state index in [0.717, 1.165) is 16.9 Å². The minimum Gasteiger partial charge on any atom is -0.475 e. The summed E-state index contributed by atoms with van der Waals surface area (Å²) in [6, 6.07) is 4.81. The molecule has 2 N–H and O–H groups in total. The summed E-state index contributed by atoms with van der Waals surface area (Å²) in [4.78, 5) is 48.9. The first-order valence-corrected chi connectivity index (χ1v) is 10.0. The number of fused-ring (bicyclic) bond motifs is 1. The van der Waals surface area contributed by atoms with Gasteiger partial charge in [-0.1, -0.05) is 11.3 Å². The van der Waals surface area contributed by atoms with Crippen LogP contribution in [0.1, 0.15) is 34.5 Å². The second kappa shape index (κ2) is 9.59. The number of aliphatic carboxylic acids is 1. The van der Waals surface area contributed by atoms with Crippen LogP contribution in [0, 0.1) is 0 Å². The van der Waals surface area contributed by atoms with Gasteiger partial charge in [0, 0.05) is 30.6 Å². The van der Waals surface area contributed by atoms with Crippen LogP contribution in [0.15, 0.2) is 24.4 Å². The predicted molar refractivity (Wildman–Crippen MR) is 108 cm³/mol. The molecule has 0 bridgehead atoms. The smallest absolute Gasteiger partial charge is 0.475 e. The highest BCUT2D eigenvalue weighted by atomic mass is 19.4. The normalized spacial score (nSPS) is 17.9. The van der Waals surface area contributed by atoms with Crippen molar-refractivity contribution in [3.05, 3.63) is 41.2 Å². The van der Waals surface area contributed by atoms with Crippen molar-refractivity contribution in [2.75, 3.05) is 14.1 Å². The number of hydrogen-bond donors (Lipinski definition) is 2. The van der Waals surface area contributed by atoms with Crippen LogP contribution in [0.25, 0.3) is 5.69 Å². The molecule has 14 heteroatoms. The highest BCUT2D eigenvalue weighted by Crippen LogP contribution is 2.31. The van der Waals surface area contributed by atoms with E-state index >= 15 is 0 Å². The molecular formula is C20H21F3N6O5. The van der Waals surface area contributed by atoms with Crippen LogP contribution in [-0.2, 0) is 27.5 Å². The van der Waals surface area contributed by atoms with Gasteiger partial charge in [-0.15, -0.1) is 5.10 Å². The van der Waals surface area contributed by atoms with Gasteiger partial charge >= 0.3 is 12.1 Å². The molecule has 1 fully saturated rings. The number of carboxylic acids is 1. The Hall–Kier alpha value is -3.81. The van der Waals surface area contributed by atoms with Crippen LogP contribution in [0.2, 0.25) is 0 Å². The monoisotopic (exact) mass is 482 g/mol. The van der Waals surface area contributed by atoms with Crippen LogP contribution in [0.4, 0.5) is 13.2 Å². The number of benzene rings is 1. The molecule has 2 aromatic rings. The van der Waals surface area contributed by atoms with Crippen LogP contribution in [0.3, 0.4) is 0 Å². The highest BCUT2D eigenvalue weighted by Gasteiger charge is 2.40. The number of carbonyl (C=O) groups is 4. The van der Waals surface area contributed by atoms with Crippen molar-refractivity contribution >= 4 is 23.7 Å². The summed E-state index contributed by atoms with van der Waals surface area (Å²) in [5, 5.41) is 17.8. The second-order valence-corrected chi connectivity index (χ2v) is 7.90. The number of halogens is 3. The van der Waals surface area contributed by atoms with Crippen LogP contribution in [-0.4, -0.2) is 79.9 Å². The van der Waals surface area contributed by atoms with E-state index in [1.54, 1.807) is 16.8 Å². The maximum atomic E-state index is 12.9. The van der Waals surface area contributed by atoms with Gasteiger partial charge in [0.1, 0.15) is 6.04 Å². The van der Waals surface area contributed by atoms with Gasteiger partial charge in [-0.05, 0) is 32.6 Å². The minimum atomic E-state index is -5.08. The largest absolute Gasteiger partial charge is 0.490 e. The van der Waals surface area contributed by atoms with E-state index in [4.69, 9.17) is 9.90 Å². The van der Waals surface area contributed by atoms with Crippen molar-refractivity contribution in [1.29, 1.82) is 0 Å². The number of amides is 3. The fraction of sp³-hybridized carbons (Fsp3) is 0.400. The molecule has 34 heavy (non-hydrogen) atoms. The first kappa shape index (κ1) is 24.8. The Morgan fingerprint density at radius 1 is 1.26 bits per heavy atom. The Morgan fingerprint density at radius 3 is 2.53 bits per heavy atom. The van der Waals surface area contributed by atoms with Crippen molar-refractivity contribution in [2.24, 2.45) is 0 Å². The number of nitrogens with one attached hydrogen (secondary N) is 1. The summed E-state index contributed by atoms with van der Waals surface area (Å²) in [7, 11) is 3.91. The SMILES string of the molecule is CN(C)Cc1cn(-c2cccc3c2CN(C2CCC(=O)NC2=O)C3=O)nn1.O=C(O)C(F)(F)F. The van der Waals surface area contributed by atoms with Crippen LogP contribution >= 0.6 is 0 Å². The lowest BCUT2D eigenvalue weighted by Crippen LogP contribution is -2.52. The summed E-state index contributed by atoms with van der Waals surface area (Å²) in [6.45, 7) is 0.968. The third-order valence-electron chi connectivity index (χ3n) is 5.07. The summed E-state index contributed by atoms with van der Waals surface area (Å²) < 4.78 is 33.4. The third kappa shape index (κ3) is 5.39. The zero-order valence-corrected chi connectivity index (χ0v) is 18.2. The van der Waals surface area contributed by atoms with E-state index in [0.29, 0.717) is 25.1 Å². The molecular weight excluding hydrogens is 461 g/mol. The number of alkyl halides is 3. The Balaban J connectivity index is 0.000000406. The van der Waals surface area contributed by atoms with Crippen molar-refractivity contribution in [3.8, 4) is 5.69 Å². The lowest BCUT2D eigenvalue weighted by Gasteiger charge is -2.29. The Morgan fingerprint density at radius 2 is 1.94 bits per heavy atom. The van der Waals surface area contributed by atoms with Crippen molar-refractivity contribution < 1.29 is 37.5 Å². The molecule has 0 saturated carbocycles. The molecule has 3 heterocycles. The molecule has 1 aromatic heterocycles. The van der Waals surface area contributed by atoms with Gasteiger partial charge in [-0.2, -0.15) is 13.2 Å². The third-order valence-corrected chi connectivity index (χ3v) is 5.07. The molecule has 0 aliphatic carbocycles. The Kier molecular flexibility index (Phi) is 7.00. The summed E-state index contributed by atoms with van der Waals surface area (Å²) in [5.74, 6) is -3.66. The molecule has 1 aromatic carbocycles. The van der Waals surface area contributed by atoms with Crippen LogP contribution in [0.5, 0.6) is 0 Å². The topological polar surface area (TPSA) is 138 Å². The minimum absolute atomic E-state index is 0.199. The summed E-state index contributed by atoms with van der Waals surface area (Å²) in [6.07, 6.45) is -2.66. The van der Waals surface area contributed by atoms with E-state index in [9.17, 15) is 27.6 Å². The lowest BCUT2D eigenvalue weighted by atomic mass is 10.0. The maximum Gasteiger partial charge on any atom is 0.490 e. The number of carbonyl (C=O) groups excluding carboxylic acids is 3. The van der Waals surface area contributed by atoms with E-state index in [1.165, 1.54) is 4.90 Å². The standard InChI is InChI=1S/C18H20N6O3.C2HF3O2/c1-22(2)8-11-9-24(21-20-11)14-5-3-4-12-13(14)10-23(18(12)27)15-6-7-16(25)19-17(15)26;3-2(4,5)1(6)7/h3-5,9,15H,6-8,10H2,1-2H3,(H,19,25,26);(H,6,7). The molecule has 11 nitrogen and oxygen atoms in total. The molecule has 1 saturated heterocycles. The predicted octanol–water partition coefficient (Wildman–Crippen LogP) is 0.723. The van der Waals surface area contributed by atoms with Crippen molar-refractivity contribution in [1.82, 2.24) is 30.1 Å². The molecule has 1 unspecified atom stereocenters. The summed E-state index contributed by atoms with van der Waals surface area (Å²) in [5.41, 5.74) is 2.97. The molecule has 2 aliphatic rings. The first-order valence-electron chi connectivity index (χ1n) is 10.0. The van der Waals surface area contributed by atoms with Gasteiger partial charge in [-0.25, -0.2) is 9.48 Å². The van der Waals surface area contributed by atoms with Crippen LogP contribution < -0.4 is 5.32 Å². The lowest BCUT2D eigenvalue weighted by molar-refractivity contribution is -0.192. The van der Waals surface area contributed by atoms with E-state index < -0.39 is 24.1 Å². The number of carboxylic acid groups (broad SMARTS) is 1. The number of imide groups is 1. The number of hydrogen-bond acceptors (Lipinski definition) is 7. The second-order valence-electron chi connectivity index (χ2n) is 7.90. The number of piperidine rings is 1. The van der Waals surface area contributed by atoms with Crippen molar-refractivity contribution in [3.63, 3.8) is 0 Å². The fourth-order valence-corrected chi connectivity index (χ4v) is 3.60. The molecule has 0 radical (unpaired) electrons. The molecule has 4 rings (SSSR count). The maximum absolute atomic E-state index is 12.9. The van der Waals surface area contributed by atoms with Gasteiger partial charge < -0.3 is 14.9 Å². The number of rotatable bonds is 4. The number of nitrogens with zero attached hydrogens (tertiary/aromatic N) is 5. The Bertz CT molecular complexity index is 1130. The van der Waals surface area contributed by atoms with Crippen molar-refractivity contribution in [2.45, 2.75) is 38.1 Å². The van der Waals surface area contributed by atoms with E-state index in [1.807, 2.05) is 31.3 Å². The van der Waals surface area contributed by atoms with Gasteiger partial charge in [0.15, 0.2) is 0 Å². The summed E-state index contributed by atoms with van der Waals surface area (Å²) >= 11 is 0. The van der Waals surface area contributed by atoms with Gasteiger partial charge in [0.05, 0.1) is 17.6 Å². The van der Waals surface area contributed by atoms with Gasteiger partial charge in [0.25, 0.3) is 5.91 Å². The zero-order valence-electron chi connectivity index (χ0n) is 18.2. The average Bonchev–Trinajstić information content (AvgIpc) is 3.32. The van der Waals surface area contributed by atoms with E-state index in [-0.39, 0.29) is 18.2 Å². The molecule has 182 valence electrons. The Labute approximate surface area is 191 Å². The zero-order chi connectivity index (χ0) is 25.2.